The van der Waals surface area contributed by atoms with Crippen LogP contribution in [-0.4, -0.2) is 20.0 Å². The van der Waals surface area contributed by atoms with Crippen molar-refractivity contribution in [2.24, 2.45) is 0 Å². The van der Waals surface area contributed by atoms with Crippen molar-refractivity contribution >= 4 is 10.1 Å². The largest absolute Gasteiger partial charge is 0.523 e. The van der Waals surface area contributed by atoms with E-state index >= 15 is 0 Å². The van der Waals surface area contributed by atoms with Gasteiger partial charge in [0.15, 0.2) is 0 Å². The molecule has 96 valence electrons. The average molecular weight is 268 g/mol. The molecule has 0 amide bonds. The maximum Gasteiger partial charge on any atom is 0.523 e. The molecular weight excluding hydrogens is 257 g/mol. The Morgan fingerprint density at radius 2 is 1.76 bits per heavy atom. The fourth-order valence-electron chi connectivity index (χ4n) is 1.25. The van der Waals surface area contributed by atoms with Crippen LogP contribution in [-0.2, 0) is 20.7 Å². The van der Waals surface area contributed by atoms with Crippen molar-refractivity contribution in [1.82, 2.24) is 0 Å². The molecule has 1 atom stereocenters. The normalized spacial score (nSPS) is 14.6. The Hall–Kier alpha value is -1.08. The van der Waals surface area contributed by atoms with Gasteiger partial charge >= 0.3 is 15.6 Å². The quantitative estimate of drug-likeness (QED) is 0.622. The van der Waals surface area contributed by atoms with Crippen LogP contribution in [0.1, 0.15) is 12.5 Å². The van der Waals surface area contributed by atoms with Gasteiger partial charge in [0.25, 0.3) is 0 Å². The molecule has 0 spiro atoms. The van der Waals surface area contributed by atoms with E-state index in [-0.39, 0.29) is 6.42 Å². The molecule has 7 heteroatoms. The van der Waals surface area contributed by atoms with Crippen molar-refractivity contribution in [3.8, 4) is 0 Å². The SMILES string of the molecule is CC(Cc1ccccc1)OS(=O)(=O)C(F)(F)F. The first-order chi connectivity index (χ1) is 7.72. The summed E-state index contributed by atoms with van der Waals surface area (Å²) in [5, 5.41) is 0. The van der Waals surface area contributed by atoms with Crippen molar-refractivity contribution in [2.75, 3.05) is 0 Å². The van der Waals surface area contributed by atoms with Crippen LogP contribution in [0.3, 0.4) is 0 Å². The molecular formula is C10H11F3O3S. The van der Waals surface area contributed by atoms with Gasteiger partial charge in [-0.3, -0.25) is 4.18 Å². The molecule has 1 aromatic carbocycles. The van der Waals surface area contributed by atoms with Crippen molar-refractivity contribution in [3.05, 3.63) is 35.9 Å². The molecule has 1 unspecified atom stereocenters. The smallest absolute Gasteiger partial charge is 0.260 e. The molecule has 0 radical (unpaired) electrons. The van der Waals surface area contributed by atoms with Crippen LogP contribution >= 0.6 is 0 Å². The number of alkyl halides is 3. The van der Waals surface area contributed by atoms with Crippen molar-refractivity contribution < 1.29 is 25.8 Å². The summed E-state index contributed by atoms with van der Waals surface area (Å²) < 4.78 is 61.5. The Morgan fingerprint density at radius 3 is 2.24 bits per heavy atom. The zero-order chi connectivity index (χ0) is 13.1. The number of hydrogen-bond acceptors (Lipinski definition) is 3. The summed E-state index contributed by atoms with van der Waals surface area (Å²) in [5.41, 5.74) is -4.67. The van der Waals surface area contributed by atoms with E-state index in [1.54, 1.807) is 30.3 Å². The molecule has 0 aliphatic carbocycles. The monoisotopic (exact) mass is 268 g/mol. The molecule has 1 aromatic rings. The number of benzene rings is 1. The summed E-state index contributed by atoms with van der Waals surface area (Å²) in [6.07, 6.45) is -0.972. The zero-order valence-electron chi connectivity index (χ0n) is 8.94. The Kier molecular flexibility index (Phi) is 4.16. The first-order valence-corrected chi connectivity index (χ1v) is 6.16. The Balaban J connectivity index is 2.66. The van der Waals surface area contributed by atoms with E-state index in [1.165, 1.54) is 6.92 Å². The molecule has 0 saturated carbocycles. The molecule has 17 heavy (non-hydrogen) atoms. The second-order valence-corrected chi connectivity index (χ2v) is 5.06. The van der Waals surface area contributed by atoms with Crippen LogP contribution in [0.4, 0.5) is 13.2 Å². The van der Waals surface area contributed by atoms with E-state index < -0.39 is 21.7 Å². The highest BCUT2D eigenvalue weighted by atomic mass is 32.2. The third-order valence-corrected chi connectivity index (χ3v) is 3.09. The lowest BCUT2D eigenvalue weighted by molar-refractivity contribution is -0.0567. The minimum atomic E-state index is -5.52. The van der Waals surface area contributed by atoms with E-state index in [2.05, 4.69) is 4.18 Å². The van der Waals surface area contributed by atoms with Gasteiger partial charge in [-0.1, -0.05) is 30.3 Å². The van der Waals surface area contributed by atoms with E-state index in [0.29, 0.717) is 5.56 Å². The number of hydrogen-bond donors (Lipinski definition) is 0. The molecule has 0 heterocycles. The van der Waals surface area contributed by atoms with Gasteiger partial charge in [0.2, 0.25) is 0 Å². The molecule has 0 aliphatic heterocycles. The van der Waals surface area contributed by atoms with Gasteiger partial charge in [0.1, 0.15) is 0 Å². The maximum absolute atomic E-state index is 12.0. The lowest BCUT2D eigenvalue weighted by Gasteiger charge is -2.14. The summed E-state index contributed by atoms with van der Waals surface area (Å²) in [7, 11) is -5.52. The molecule has 0 N–H and O–H groups in total. The third-order valence-electron chi connectivity index (χ3n) is 1.94. The highest BCUT2D eigenvalue weighted by Crippen LogP contribution is 2.26. The second kappa shape index (κ2) is 5.05. The topological polar surface area (TPSA) is 43.4 Å². The summed E-state index contributed by atoms with van der Waals surface area (Å²) in [6.45, 7) is 1.27. The highest BCUT2D eigenvalue weighted by molar-refractivity contribution is 7.87. The van der Waals surface area contributed by atoms with E-state index in [9.17, 15) is 21.6 Å². The molecule has 1 rings (SSSR count). The van der Waals surface area contributed by atoms with E-state index in [1.807, 2.05) is 0 Å². The van der Waals surface area contributed by atoms with Crippen LogP contribution in [0.5, 0.6) is 0 Å². The van der Waals surface area contributed by atoms with Gasteiger partial charge in [-0.2, -0.15) is 21.6 Å². The van der Waals surface area contributed by atoms with Crippen LogP contribution in [0.2, 0.25) is 0 Å². The first-order valence-electron chi connectivity index (χ1n) is 4.76. The van der Waals surface area contributed by atoms with Gasteiger partial charge < -0.3 is 0 Å². The standard InChI is InChI=1S/C10H11F3O3S/c1-8(7-9-5-3-2-4-6-9)16-17(14,15)10(11,12)13/h2-6,8H,7H2,1H3. The predicted octanol–water partition coefficient (Wildman–Crippen LogP) is 2.48. The summed E-state index contributed by atoms with van der Waals surface area (Å²) in [5.74, 6) is 0. The van der Waals surface area contributed by atoms with Gasteiger partial charge in [0, 0.05) is 0 Å². The summed E-state index contributed by atoms with van der Waals surface area (Å²) in [4.78, 5) is 0. The van der Waals surface area contributed by atoms with Gasteiger partial charge in [0.05, 0.1) is 6.10 Å². The molecule has 0 saturated heterocycles. The van der Waals surface area contributed by atoms with Crippen LogP contribution in [0.25, 0.3) is 0 Å². The van der Waals surface area contributed by atoms with E-state index in [0.717, 1.165) is 0 Å². The molecule has 0 aromatic heterocycles. The molecule has 0 bridgehead atoms. The van der Waals surface area contributed by atoms with Crippen molar-refractivity contribution in [3.63, 3.8) is 0 Å². The molecule has 3 nitrogen and oxygen atoms in total. The van der Waals surface area contributed by atoms with Crippen LogP contribution in [0, 0.1) is 0 Å². The molecule has 0 aliphatic rings. The second-order valence-electron chi connectivity index (χ2n) is 3.50. The average Bonchev–Trinajstić information content (AvgIpc) is 2.16. The fourth-order valence-corrected chi connectivity index (χ4v) is 1.86. The lowest BCUT2D eigenvalue weighted by Crippen LogP contribution is -2.29. The van der Waals surface area contributed by atoms with Gasteiger partial charge in [-0.15, -0.1) is 0 Å². The zero-order valence-corrected chi connectivity index (χ0v) is 9.75. The van der Waals surface area contributed by atoms with Gasteiger partial charge in [-0.05, 0) is 18.9 Å². The van der Waals surface area contributed by atoms with Crippen LogP contribution < -0.4 is 0 Å². The third kappa shape index (κ3) is 4.01. The van der Waals surface area contributed by atoms with Crippen molar-refractivity contribution in [1.29, 1.82) is 0 Å². The minimum absolute atomic E-state index is 0.0934. The number of rotatable bonds is 4. The number of halogens is 3. The fraction of sp³-hybridized carbons (Fsp3) is 0.400. The lowest BCUT2D eigenvalue weighted by atomic mass is 10.1. The maximum atomic E-state index is 12.0. The van der Waals surface area contributed by atoms with Crippen molar-refractivity contribution in [2.45, 2.75) is 25.0 Å². The first kappa shape index (κ1) is 14.0. The predicted molar refractivity (Wildman–Crippen MR) is 55.7 cm³/mol. The van der Waals surface area contributed by atoms with E-state index in [4.69, 9.17) is 0 Å². The highest BCUT2D eigenvalue weighted by Gasteiger charge is 2.48. The minimum Gasteiger partial charge on any atom is -0.260 e. The Bertz CT molecular complexity index is 453. The Labute approximate surface area is 97.3 Å². The Morgan fingerprint density at radius 1 is 1.24 bits per heavy atom. The summed E-state index contributed by atoms with van der Waals surface area (Å²) in [6, 6.07) is 8.53. The van der Waals surface area contributed by atoms with Gasteiger partial charge in [-0.25, -0.2) is 0 Å². The van der Waals surface area contributed by atoms with Crippen LogP contribution in [0.15, 0.2) is 30.3 Å². The summed E-state index contributed by atoms with van der Waals surface area (Å²) >= 11 is 0. The molecule has 0 fully saturated rings.